The second kappa shape index (κ2) is 8.82. The lowest BCUT2D eigenvalue weighted by atomic mass is 10.1. The highest BCUT2D eigenvalue weighted by molar-refractivity contribution is 5.69. The normalized spacial score (nSPS) is 18.2. The predicted octanol–water partition coefficient (Wildman–Crippen LogP) is 3.09. The van der Waals surface area contributed by atoms with Gasteiger partial charge >= 0.3 is 12.5 Å². The van der Waals surface area contributed by atoms with Gasteiger partial charge in [-0.25, -0.2) is 15.2 Å². The zero-order valence-electron chi connectivity index (χ0n) is 19.0. The van der Waals surface area contributed by atoms with Crippen molar-refractivity contribution in [3.8, 4) is 5.75 Å². The third kappa shape index (κ3) is 5.44. The van der Waals surface area contributed by atoms with E-state index < -0.39 is 18.1 Å². The van der Waals surface area contributed by atoms with Crippen LogP contribution in [-0.2, 0) is 17.7 Å². The molecule has 1 saturated heterocycles. The van der Waals surface area contributed by atoms with Gasteiger partial charge in [-0.3, -0.25) is 9.80 Å². The Kier molecular flexibility index (Phi) is 6.19. The van der Waals surface area contributed by atoms with Gasteiger partial charge in [0.15, 0.2) is 5.82 Å². The van der Waals surface area contributed by atoms with E-state index in [0.29, 0.717) is 30.9 Å². The lowest BCUT2D eigenvalue weighted by Crippen LogP contribution is -2.45. The monoisotopic (exact) mass is 481 g/mol. The van der Waals surface area contributed by atoms with E-state index >= 15 is 0 Å². The maximum absolute atomic E-state index is 12.8. The van der Waals surface area contributed by atoms with E-state index in [4.69, 9.17) is 4.74 Å². The first-order valence-electron chi connectivity index (χ1n) is 10.9. The van der Waals surface area contributed by atoms with Gasteiger partial charge in [-0.05, 0) is 33.3 Å². The quantitative estimate of drug-likeness (QED) is 0.692. The summed E-state index contributed by atoms with van der Waals surface area (Å²) >= 11 is 0. The third-order valence-corrected chi connectivity index (χ3v) is 5.43. The van der Waals surface area contributed by atoms with Gasteiger partial charge in [0.25, 0.3) is 5.56 Å². The highest BCUT2D eigenvalue weighted by Gasteiger charge is 2.37. The van der Waals surface area contributed by atoms with Crippen molar-refractivity contribution >= 4 is 11.9 Å². The number of alkyl halides is 3. The van der Waals surface area contributed by atoms with E-state index in [0.717, 1.165) is 0 Å². The first-order chi connectivity index (χ1) is 15.9. The van der Waals surface area contributed by atoms with Crippen LogP contribution >= 0.6 is 0 Å². The maximum atomic E-state index is 12.8. The first-order valence-corrected chi connectivity index (χ1v) is 10.9. The molecule has 2 aliphatic rings. The van der Waals surface area contributed by atoms with Crippen molar-refractivity contribution < 1.29 is 27.4 Å². The first kappa shape index (κ1) is 23.9. The lowest BCUT2D eigenvalue weighted by molar-refractivity contribution is -0.274. The van der Waals surface area contributed by atoms with Gasteiger partial charge in [-0.15, -0.1) is 13.2 Å². The summed E-state index contributed by atoms with van der Waals surface area (Å²) in [6.45, 7) is 6.53. The Labute approximate surface area is 193 Å². The number of para-hydroxylation sites is 1. The average Bonchev–Trinajstić information content (AvgIpc) is 3.34. The van der Waals surface area contributed by atoms with Crippen LogP contribution in [0.2, 0.25) is 0 Å². The highest BCUT2D eigenvalue weighted by Crippen LogP contribution is 2.29. The van der Waals surface area contributed by atoms with Crippen LogP contribution in [0.4, 0.5) is 23.8 Å². The predicted molar refractivity (Wildman–Crippen MR) is 116 cm³/mol. The molecule has 3 heterocycles. The second-order valence-corrected chi connectivity index (χ2v) is 9.22. The number of hydrogen-bond acceptors (Lipinski definition) is 7. The number of halogens is 3. The van der Waals surface area contributed by atoms with Crippen LogP contribution in [0, 0.1) is 0 Å². The van der Waals surface area contributed by atoms with Crippen LogP contribution in [0.15, 0.2) is 29.1 Å². The summed E-state index contributed by atoms with van der Waals surface area (Å²) in [5.41, 5.74) is 2.83. The fourth-order valence-corrected chi connectivity index (χ4v) is 4.01. The largest absolute Gasteiger partial charge is 0.573 e. The van der Waals surface area contributed by atoms with Crippen molar-refractivity contribution in [2.75, 3.05) is 18.1 Å². The molecule has 1 fully saturated rings. The third-order valence-electron chi connectivity index (χ3n) is 5.43. The number of hydrogen-bond donors (Lipinski definition) is 2. The number of carbonyl (C=O) groups is 1. The number of benzene rings is 1. The minimum absolute atomic E-state index is 0.0582. The van der Waals surface area contributed by atoms with E-state index in [9.17, 15) is 22.8 Å². The van der Waals surface area contributed by atoms with E-state index in [1.54, 1.807) is 36.7 Å². The van der Waals surface area contributed by atoms with E-state index in [1.807, 2.05) is 0 Å². The Hall–Kier alpha value is -3.28. The van der Waals surface area contributed by atoms with Crippen LogP contribution in [0.5, 0.6) is 5.75 Å². The van der Waals surface area contributed by atoms with Gasteiger partial charge in [-0.1, -0.05) is 18.2 Å². The summed E-state index contributed by atoms with van der Waals surface area (Å²) in [6, 6.07) is 5.58. The molecule has 34 heavy (non-hydrogen) atoms. The van der Waals surface area contributed by atoms with Crippen LogP contribution in [0.3, 0.4) is 0 Å². The molecule has 9 nitrogen and oxygen atoms in total. The van der Waals surface area contributed by atoms with Gasteiger partial charge in [0.2, 0.25) is 0 Å². The van der Waals surface area contributed by atoms with Gasteiger partial charge < -0.3 is 19.4 Å². The van der Waals surface area contributed by atoms with Crippen molar-refractivity contribution in [3.63, 3.8) is 0 Å². The topological polar surface area (TPSA) is 99.8 Å². The zero-order valence-corrected chi connectivity index (χ0v) is 19.0. The smallest absolute Gasteiger partial charge is 0.444 e. The second-order valence-electron chi connectivity index (χ2n) is 9.22. The molecular weight excluding hydrogens is 455 g/mol. The zero-order chi connectivity index (χ0) is 24.7. The number of hydrazine groups is 1. The molecule has 0 radical (unpaired) electrons. The molecule has 184 valence electrons. The Morgan fingerprint density at radius 2 is 1.97 bits per heavy atom. The summed E-state index contributed by atoms with van der Waals surface area (Å²) in [6.07, 6.45) is -4.66. The summed E-state index contributed by atoms with van der Waals surface area (Å²) in [7, 11) is 0. The number of aromatic amines is 1. The molecule has 0 spiro atoms. The van der Waals surface area contributed by atoms with Crippen molar-refractivity contribution in [1.82, 2.24) is 20.3 Å². The van der Waals surface area contributed by atoms with Crippen molar-refractivity contribution in [2.45, 2.75) is 58.2 Å². The number of aromatic nitrogens is 2. The molecule has 1 unspecified atom stereocenters. The average molecular weight is 481 g/mol. The Bertz CT molecular complexity index is 1130. The van der Waals surface area contributed by atoms with Crippen molar-refractivity contribution in [1.29, 1.82) is 0 Å². The van der Waals surface area contributed by atoms with Gasteiger partial charge in [0.05, 0.1) is 11.6 Å². The number of likely N-dealkylation sites (tertiary alicyclic amines) is 1. The van der Waals surface area contributed by atoms with Crippen LogP contribution in [0.1, 0.15) is 44.1 Å². The minimum Gasteiger partial charge on any atom is -0.444 e. The number of ether oxygens (including phenoxy) is 2. The summed E-state index contributed by atoms with van der Waals surface area (Å²) in [4.78, 5) is 33.9. The van der Waals surface area contributed by atoms with Gasteiger partial charge in [0, 0.05) is 31.6 Å². The molecule has 2 aliphatic heterocycles. The number of fused-ring (bicyclic) bond motifs is 1. The molecule has 2 aromatic rings. The fraction of sp³-hybridized carbons (Fsp3) is 0.500. The Balaban J connectivity index is 1.53. The lowest BCUT2D eigenvalue weighted by Gasteiger charge is -2.27. The van der Waals surface area contributed by atoms with Crippen molar-refractivity contribution in [3.05, 3.63) is 51.6 Å². The SMILES string of the molecule is CC(C)(C)OC(=O)N1CCC(N2NCc3c2nc(Cc2ccccc2OC(F)(F)F)[nH]c3=O)C1. The molecule has 4 rings (SSSR count). The molecule has 1 aromatic carbocycles. The number of nitrogens with zero attached hydrogens (tertiary/aromatic N) is 3. The molecule has 0 bridgehead atoms. The number of rotatable bonds is 4. The van der Waals surface area contributed by atoms with Crippen molar-refractivity contribution in [2.24, 2.45) is 0 Å². The van der Waals surface area contributed by atoms with Crippen LogP contribution in [-0.4, -0.2) is 52.1 Å². The molecule has 1 aromatic heterocycles. The number of amides is 1. The molecule has 0 saturated carbocycles. The standard InChI is InChI=1S/C22H26F3N5O4/c1-21(2,3)34-20(32)29-9-8-14(12-29)30-18-15(11-26-30)19(31)28-17(27-18)10-13-6-4-5-7-16(13)33-22(23,24)25/h4-7,14,26H,8-12H2,1-3H3,(H,27,28,31). The highest BCUT2D eigenvalue weighted by atomic mass is 19.4. The fourth-order valence-electron chi connectivity index (χ4n) is 4.01. The molecule has 12 heteroatoms. The Morgan fingerprint density at radius 3 is 2.68 bits per heavy atom. The number of carbonyl (C=O) groups excluding carboxylic acids is 1. The number of nitrogens with one attached hydrogen (secondary N) is 2. The molecule has 2 N–H and O–H groups in total. The number of anilines is 1. The van der Waals surface area contributed by atoms with E-state index in [2.05, 4.69) is 20.1 Å². The molecular formula is C22H26F3N5O4. The van der Waals surface area contributed by atoms with Gasteiger partial charge in [-0.2, -0.15) is 0 Å². The van der Waals surface area contributed by atoms with Crippen LogP contribution < -0.4 is 20.7 Å². The molecule has 0 aliphatic carbocycles. The summed E-state index contributed by atoms with van der Waals surface area (Å²) in [5, 5.41) is 1.76. The summed E-state index contributed by atoms with van der Waals surface area (Å²) < 4.78 is 47.8. The summed E-state index contributed by atoms with van der Waals surface area (Å²) in [5.74, 6) is 0.263. The van der Waals surface area contributed by atoms with E-state index in [-0.39, 0.29) is 41.7 Å². The number of H-pyrrole nitrogens is 1. The van der Waals surface area contributed by atoms with E-state index in [1.165, 1.54) is 18.2 Å². The Morgan fingerprint density at radius 1 is 1.24 bits per heavy atom. The van der Waals surface area contributed by atoms with Crippen LogP contribution in [0.25, 0.3) is 0 Å². The molecule has 1 amide bonds. The molecule has 1 atom stereocenters. The maximum Gasteiger partial charge on any atom is 0.573 e. The minimum atomic E-state index is -4.84. The van der Waals surface area contributed by atoms with Gasteiger partial charge in [0.1, 0.15) is 17.2 Å².